The quantitative estimate of drug-likeness (QED) is 0.721. The highest BCUT2D eigenvalue weighted by Crippen LogP contribution is 2.37. The SMILES string of the molecule is CC1=CC2CCC(c3ccccc3)(N1)C(=O)[C@@H](O)[C@H](O)CC2=O. The lowest BCUT2D eigenvalue weighted by Gasteiger charge is -2.36. The van der Waals surface area contributed by atoms with Gasteiger partial charge in [0.2, 0.25) is 0 Å². The molecule has 0 spiro atoms. The third-order valence-electron chi connectivity index (χ3n) is 4.84. The van der Waals surface area contributed by atoms with Crippen molar-refractivity contribution in [1.29, 1.82) is 0 Å². The molecule has 23 heavy (non-hydrogen) atoms. The number of ketones is 2. The molecule has 2 bridgehead atoms. The number of hydrogen-bond acceptors (Lipinski definition) is 5. The molecule has 3 N–H and O–H groups in total. The summed E-state index contributed by atoms with van der Waals surface area (Å²) in [6, 6.07) is 9.19. The van der Waals surface area contributed by atoms with E-state index >= 15 is 0 Å². The van der Waals surface area contributed by atoms with Gasteiger partial charge in [0, 0.05) is 18.0 Å². The van der Waals surface area contributed by atoms with Crippen LogP contribution in [0.2, 0.25) is 0 Å². The van der Waals surface area contributed by atoms with Crippen molar-refractivity contribution >= 4 is 11.6 Å². The number of fused-ring (bicyclic) bond motifs is 3. The average Bonchev–Trinajstić information content (AvgIpc) is 2.72. The van der Waals surface area contributed by atoms with Crippen molar-refractivity contribution in [2.45, 2.75) is 43.9 Å². The highest BCUT2D eigenvalue weighted by molar-refractivity contribution is 5.95. The molecule has 0 aromatic heterocycles. The van der Waals surface area contributed by atoms with E-state index in [9.17, 15) is 19.8 Å². The second-order valence-corrected chi connectivity index (χ2v) is 6.44. The molecular formula is C18H21NO4. The third kappa shape index (κ3) is 2.71. The lowest BCUT2D eigenvalue weighted by molar-refractivity contribution is -0.141. The summed E-state index contributed by atoms with van der Waals surface area (Å²) in [6.45, 7) is 1.82. The first kappa shape index (κ1) is 15.9. The van der Waals surface area contributed by atoms with Crippen LogP contribution in [-0.2, 0) is 15.1 Å². The molecule has 3 rings (SSSR count). The Hall–Kier alpha value is -1.98. The van der Waals surface area contributed by atoms with Gasteiger partial charge < -0.3 is 15.5 Å². The minimum absolute atomic E-state index is 0.142. The van der Waals surface area contributed by atoms with Gasteiger partial charge in [-0.2, -0.15) is 0 Å². The van der Waals surface area contributed by atoms with Crippen molar-refractivity contribution in [1.82, 2.24) is 5.32 Å². The molecule has 1 aromatic carbocycles. The molecule has 2 unspecified atom stereocenters. The summed E-state index contributed by atoms with van der Waals surface area (Å²) in [5.74, 6) is -0.976. The lowest BCUT2D eigenvalue weighted by atomic mass is 9.78. The Morgan fingerprint density at radius 1 is 1.17 bits per heavy atom. The van der Waals surface area contributed by atoms with Gasteiger partial charge in [-0.05, 0) is 25.3 Å². The maximum atomic E-state index is 13.0. The van der Waals surface area contributed by atoms with Crippen molar-refractivity contribution < 1.29 is 19.8 Å². The molecular weight excluding hydrogens is 294 g/mol. The van der Waals surface area contributed by atoms with Crippen LogP contribution in [0.4, 0.5) is 0 Å². The van der Waals surface area contributed by atoms with Crippen LogP contribution in [0.25, 0.3) is 0 Å². The Morgan fingerprint density at radius 3 is 2.57 bits per heavy atom. The predicted octanol–water partition coefficient (Wildman–Crippen LogP) is 1.05. The summed E-state index contributed by atoms with van der Waals surface area (Å²) in [6.07, 6.45) is -0.437. The first-order valence-corrected chi connectivity index (χ1v) is 7.89. The number of aliphatic hydroxyl groups is 2. The molecule has 5 heteroatoms. The number of rotatable bonds is 1. The van der Waals surface area contributed by atoms with E-state index in [0.717, 1.165) is 11.3 Å². The number of Topliss-reactive ketones (excluding diaryl/α,β-unsaturated/α-hetero) is 2. The Labute approximate surface area is 135 Å². The number of carbonyl (C=O) groups excluding carboxylic acids is 2. The molecule has 0 radical (unpaired) electrons. The van der Waals surface area contributed by atoms with E-state index in [-0.39, 0.29) is 18.1 Å². The first-order valence-electron chi connectivity index (χ1n) is 7.89. The summed E-state index contributed by atoms with van der Waals surface area (Å²) >= 11 is 0. The van der Waals surface area contributed by atoms with Gasteiger partial charge in [-0.3, -0.25) is 9.59 Å². The van der Waals surface area contributed by atoms with E-state index in [4.69, 9.17) is 0 Å². The second-order valence-electron chi connectivity index (χ2n) is 6.44. The Kier molecular flexibility index (Phi) is 4.08. The number of carbonyl (C=O) groups is 2. The van der Waals surface area contributed by atoms with Gasteiger partial charge in [0.05, 0.1) is 6.10 Å². The van der Waals surface area contributed by atoms with Crippen LogP contribution in [-0.4, -0.2) is 34.0 Å². The van der Waals surface area contributed by atoms with Gasteiger partial charge in [0.1, 0.15) is 17.4 Å². The van der Waals surface area contributed by atoms with Crippen LogP contribution in [0.3, 0.4) is 0 Å². The zero-order valence-electron chi connectivity index (χ0n) is 13.0. The number of hydrogen-bond donors (Lipinski definition) is 3. The number of allylic oxidation sites excluding steroid dienone is 2. The minimum atomic E-state index is -1.59. The molecule has 0 amide bonds. The third-order valence-corrected chi connectivity index (χ3v) is 4.84. The summed E-state index contributed by atoms with van der Waals surface area (Å²) in [5.41, 5.74) is 0.349. The van der Waals surface area contributed by atoms with Gasteiger partial charge in [-0.15, -0.1) is 0 Å². The van der Waals surface area contributed by atoms with Gasteiger partial charge in [0.25, 0.3) is 0 Å². The molecule has 122 valence electrons. The van der Waals surface area contributed by atoms with Crippen LogP contribution in [0.5, 0.6) is 0 Å². The van der Waals surface area contributed by atoms with Crippen LogP contribution in [0, 0.1) is 5.92 Å². The molecule has 1 aromatic rings. The van der Waals surface area contributed by atoms with Crippen LogP contribution in [0.15, 0.2) is 42.1 Å². The Balaban J connectivity index is 2.17. The van der Waals surface area contributed by atoms with E-state index in [0.29, 0.717) is 12.8 Å². The molecule has 1 aliphatic carbocycles. The Morgan fingerprint density at radius 2 is 1.87 bits per heavy atom. The zero-order valence-corrected chi connectivity index (χ0v) is 13.0. The van der Waals surface area contributed by atoms with E-state index in [1.54, 1.807) is 0 Å². The number of aliphatic hydroxyl groups excluding tert-OH is 2. The lowest BCUT2D eigenvalue weighted by Crippen LogP contribution is -2.54. The largest absolute Gasteiger partial charge is 0.389 e. The fourth-order valence-electron chi connectivity index (χ4n) is 3.61. The molecule has 1 fully saturated rings. The van der Waals surface area contributed by atoms with Gasteiger partial charge in [-0.1, -0.05) is 36.4 Å². The van der Waals surface area contributed by atoms with Crippen molar-refractivity contribution in [3.05, 3.63) is 47.7 Å². The zero-order chi connectivity index (χ0) is 16.6. The van der Waals surface area contributed by atoms with Crippen LogP contribution >= 0.6 is 0 Å². The Bertz CT molecular complexity index is 654. The predicted molar refractivity (Wildman–Crippen MR) is 84.4 cm³/mol. The minimum Gasteiger partial charge on any atom is -0.389 e. The second kappa shape index (κ2) is 5.91. The normalized spacial score (nSPS) is 34.7. The van der Waals surface area contributed by atoms with Gasteiger partial charge in [0.15, 0.2) is 5.78 Å². The summed E-state index contributed by atoms with van der Waals surface area (Å²) in [4.78, 5) is 25.4. The van der Waals surface area contributed by atoms with Crippen molar-refractivity contribution in [3.8, 4) is 0 Å². The summed E-state index contributed by atoms with van der Waals surface area (Å²) in [7, 11) is 0. The highest BCUT2D eigenvalue weighted by Gasteiger charge is 2.48. The standard InChI is InChI=1S/C18H21NO4/c1-11-9-12-7-8-18(19-11,13-5-3-2-4-6-13)17(23)16(22)15(21)10-14(12)20/h2-6,9,12,15-16,19,21-22H,7-8,10H2,1H3/t12?,15-,16+,18?/m1/s1. The topological polar surface area (TPSA) is 86.6 Å². The number of benzene rings is 1. The highest BCUT2D eigenvalue weighted by atomic mass is 16.3. The molecule has 5 nitrogen and oxygen atoms in total. The van der Waals surface area contributed by atoms with Crippen molar-refractivity contribution in [3.63, 3.8) is 0 Å². The maximum Gasteiger partial charge on any atom is 0.193 e. The molecule has 0 saturated heterocycles. The average molecular weight is 315 g/mol. The fraction of sp³-hybridized carbons (Fsp3) is 0.444. The van der Waals surface area contributed by atoms with Crippen molar-refractivity contribution in [2.24, 2.45) is 5.92 Å². The smallest absolute Gasteiger partial charge is 0.193 e. The molecule has 1 heterocycles. The van der Waals surface area contributed by atoms with E-state index in [1.807, 2.05) is 43.3 Å². The van der Waals surface area contributed by atoms with Crippen LogP contribution < -0.4 is 5.32 Å². The monoisotopic (exact) mass is 315 g/mol. The fourth-order valence-corrected chi connectivity index (χ4v) is 3.61. The van der Waals surface area contributed by atoms with Crippen LogP contribution in [0.1, 0.15) is 31.7 Å². The molecule has 4 atom stereocenters. The van der Waals surface area contributed by atoms with Crippen molar-refractivity contribution in [2.75, 3.05) is 0 Å². The van der Waals surface area contributed by atoms with E-state index in [2.05, 4.69) is 5.32 Å². The number of nitrogens with one attached hydrogen (secondary N) is 1. The molecule has 1 aliphatic heterocycles. The molecule has 2 aliphatic rings. The van der Waals surface area contributed by atoms with Gasteiger partial charge >= 0.3 is 0 Å². The van der Waals surface area contributed by atoms with E-state index in [1.165, 1.54) is 0 Å². The first-order chi connectivity index (χ1) is 10.9. The van der Waals surface area contributed by atoms with Gasteiger partial charge in [-0.25, -0.2) is 0 Å². The summed E-state index contributed by atoms with van der Waals surface area (Å²) in [5, 5.41) is 23.6. The maximum absolute atomic E-state index is 13.0. The van der Waals surface area contributed by atoms with E-state index < -0.39 is 23.5 Å². The molecule has 1 saturated carbocycles. The summed E-state index contributed by atoms with van der Waals surface area (Å²) < 4.78 is 0.